The number of nitrogens with one attached hydrogen (secondary N) is 1. The van der Waals surface area contributed by atoms with Gasteiger partial charge >= 0.3 is 0 Å². The van der Waals surface area contributed by atoms with Gasteiger partial charge in [0.25, 0.3) is 0 Å². The SMILES string of the molecule is CCCNCc1cncc(-n2nc(C)c(Cl)c2C)n1. The number of aromatic nitrogens is 4. The minimum absolute atomic E-state index is 0.677. The van der Waals surface area contributed by atoms with Crippen molar-refractivity contribution in [3.05, 3.63) is 34.5 Å². The van der Waals surface area contributed by atoms with E-state index < -0.39 is 0 Å². The quantitative estimate of drug-likeness (QED) is 0.854. The first kappa shape index (κ1) is 14.0. The van der Waals surface area contributed by atoms with Gasteiger partial charge in [-0.15, -0.1) is 0 Å². The third-order valence-electron chi connectivity index (χ3n) is 2.82. The molecule has 2 aromatic heterocycles. The summed E-state index contributed by atoms with van der Waals surface area (Å²) < 4.78 is 1.73. The highest BCUT2D eigenvalue weighted by molar-refractivity contribution is 6.31. The van der Waals surface area contributed by atoms with Crippen molar-refractivity contribution in [1.82, 2.24) is 25.1 Å². The molecule has 19 heavy (non-hydrogen) atoms. The van der Waals surface area contributed by atoms with Crippen LogP contribution in [0.2, 0.25) is 5.02 Å². The molecule has 1 N–H and O–H groups in total. The molecule has 0 spiro atoms. The normalized spacial score (nSPS) is 10.9. The lowest BCUT2D eigenvalue weighted by Crippen LogP contribution is -2.16. The van der Waals surface area contributed by atoms with Crippen LogP contribution in [0.15, 0.2) is 12.4 Å². The zero-order valence-electron chi connectivity index (χ0n) is 11.4. The van der Waals surface area contributed by atoms with Crippen LogP contribution < -0.4 is 5.32 Å². The molecule has 0 saturated heterocycles. The van der Waals surface area contributed by atoms with Crippen LogP contribution in [0.3, 0.4) is 0 Å². The molecule has 6 heteroatoms. The topological polar surface area (TPSA) is 55.6 Å². The Bertz CT molecular complexity index is 564. The summed E-state index contributed by atoms with van der Waals surface area (Å²) in [6.45, 7) is 7.62. The molecule has 0 saturated carbocycles. The van der Waals surface area contributed by atoms with Crippen LogP contribution in [0.4, 0.5) is 0 Å². The summed E-state index contributed by atoms with van der Waals surface area (Å²) in [6, 6.07) is 0. The van der Waals surface area contributed by atoms with E-state index in [0.29, 0.717) is 17.4 Å². The minimum atomic E-state index is 0.677. The Morgan fingerprint density at radius 2 is 2.11 bits per heavy atom. The van der Waals surface area contributed by atoms with Crippen molar-refractivity contribution < 1.29 is 0 Å². The van der Waals surface area contributed by atoms with Crippen LogP contribution in [0.1, 0.15) is 30.4 Å². The molecule has 0 unspecified atom stereocenters. The predicted octanol–water partition coefficient (Wildman–Crippen LogP) is 2.43. The van der Waals surface area contributed by atoms with E-state index in [0.717, 1.165) is 30.0 Å². The lowest BCUT2D eigenvalue weighted by Gasteiger charge is -2.06. The largest absolute Gasteiger partial charge is 0.311 e. The van der Waals surface area contributed by atoms with Gasteiger partial charge in [-0.3, -0.25) is 4.98 Å². The Balaban J connectivity index is 2.25. The molecule has 0 amide bonds. The fourth-order valence-electron chi connectivity index (χ4n) is 1.82. The Morgan fingerprint density at radius 1 is 1.32 bits per heavy atom. The van der Waals surface area contributed by atoms with Crippen molar-refractivity contribution >= 4 is 11.6 Å². The van der Waals surface area contributed by atoms with Crippen molar-refractivity contribution in [2.45, 2.75) is 33.7 Å². The maximum atomic E-state index is 6.15. The molecule has 0 aliphatic heterocycles. The fourth-order valence-corrected chi connectivity index (χ4v) is 1.94. The van der Waals surface area contributed by atoms with Crippen molar-refractivity contribution in [3.63, 3.8) is 0 Å². The molecule has 0 radical (unpaired) electrons. The van der Waals surface area contributed by atoms with E-state index >= 15 is 0 Å². The van der Waals surface area contributed by atoms with Gasteiger partial charge in [0.2, 0.25) is 0 Å². The summed E-state index contributed by atoms with van der Waals surface area (Å²) >= 11 is 6.15. The van der Waals surface area contributed by atoms with E-state index in [1.165, 1.54) is 0 Å². The lowest BCUT2D eigenvalue weighted by atomic mass is 10.4. The molecule has 0 aliphatic rings. The molecule has 2 rings (SSSR count). The summed E-state index contributed by atoms with van der Waals surface area (Å²) in [5, 5.41) is 8.36. The standard InChI is InChI=1S/C13H18ClN5/c1-4-5-15-6-11-7-16-8-12(17-11)19-10(3)13(14)9(2)18-19/h7-8,15H,4-6H2,1-3H3. The van der Waals surface area contributed by atoms with Gasteiger partial charge in [0.1, 0.15) is 0 Å². The maximum absolute atomic E-state index is 6.15. The lowest BCUT2D eigenvalue weighted by molar-refractivity contribution is 0.657. The van der Waals surface area contributed by atoms with Crippen LogP contribution in [-0.2, 0) is 6.54 Å². The van der Waals surface area contributed by atoms with Gasteiger partial charge in [-0.25, -0.2) is 9.67 Å². The number of rotatable bonds is 5. The van der Waals surface area contributed by atoms with Crippen LogP contribution in [0.25, 0.3) is 5.82 Å². The highest BCUT2D eigenvalue weighted by Crippen LogP contribution is 2.21. The maximum Gasteiger partial charge on any atom is 0.172 e. The number of halogens is 1. The van der Waals surface area contributed by atoms with E-state index in [2.05, 4.69) is 27.3 Å². The summed E-state index contributed by atoms with van der Waals surface area (Å²) in [6.07, 6.45) is 4.55. The Labute approximate surface area is 118 Å². The average Bonchev–Trinajstić information content (AvgIpc) is 2.67. The second kappa shape index (κ2) is 6.12. The van der Waals surface area contributed by atoms with Crippen molar-refractivity contribution in [3.8, 4) is 5.82 Å². The van der Waals surface area contributed by atoms with Crippen molar-refractivity contribution in [2.75, 3.05) is 6.54 Å². The fraction of sp³-hybridized carbons (Fsp3) is 0.462. The first-order valence-electron chi connectivity index (χ1n) is 6.37. The number of hydrogen-bond donors (Lipinski definition) is 1. The monoisotopic (exact) mass is 279 g/mol. The first-order chi connectivity index (χ1) is 9.13. The molecular formula is C13H18ClN5. The third kappa shape index (κ3) is 3.11. The van der Waals surface area contributed by atoms with E-state index in [9.17, 15) is 0 Å². The van der Waals surface area contributed by atoms with E-state index in [-0.39, 0.29) is 0 Å². The summed E-state index contributed by atoms with van der Waals surface area (Å²) in [4.78, 5) is 8.76. The summed E-state index contributed by atoms with van der Waals surface area (Å²) in [5.74, 6) is 0.697. The summed E-state index contributed by atoms with van der Waals surface area (Å²) in [7, 11) is 0. The number of aryl methyl sites for hydroxylation is 1. The van der Waals surface area contributed by atoms with E-state index in [1.807, 2.05) is 13.8 Å². The van der Waals surface area contributed by atoms with Gasteiger partial charge in [0, 0.05) is 12.7 Å². The second-order valence-corrected chi connectivity index (χ2v) is 4.82. The van der Waals surface area contributed by atoms with Crippen LogP contribution in [-0.4, -0.2) is 26.3 Å². The summed E-state index contributed by atoms with van der Waals surface area (Å²) in [5.41, 5.74) is 2.58. The Morgan fingerprint density at radius 3 is 2.74 bits per heavy atom. The predicted molar refractivity (Wildman–Crippen MR) is 75.6 cm³/mol. The number of nitrogens with zero attached hydrogens (tertiary/aromatic N) is 4. The zero-order chi connectivity index (χ0) is 13.8. The molecule has 0 fully saturated rings. The molecule has 102 valence electrons. The van der Waals surface area contributed by atoms with E-state index in [4.69, 9.17) is 11.6 Å². The van der Waals surface area contributed by atoms with E-state index in [1.54, 1.807) is 17.1 Å². The third-order valence-corrected chi connectivity index (χ3v) is 3.37. The molecular weight excluding hydrogens is 262 g/mol. The van der Waals surface area contributed by atoms with Gasteiger partial charge in [0.05, 0.1) is 28.3 Å². The van der Waals surface area contributed by atoms with Gasteiger partial charge in [0.15, 0.2) is 5.82 Å². The molecule has 2 aromatic rings. The molecule has 0 aromatic carbocycles. The molecule has 0 bridgehead atoms. The van der Waals surface area contributed by atoms with Crippen molar-refractivity contribution in [1.29, 1.82) is 0 Å². The van der Waals surface area contributed by atoms with Gasteiger partial charge in [-0.2, -0.15) is 5.10 Å². The van der Waals surface area contributed by atoms with Gasteiger partial charge in [-0.1, -0.05) is 18.5 Å². The van der Waals surface area contributed by atoms with Crippen molar-refractivity contribution in [2.24, 2.45) is 0 Å². The van der Waals surface area contributed by atoms with Gasteiger partial charge in [-0.05, 0) is 26.8 Å². The smallest absolute Gasteiger partial charge is 0.172 e. The highest BCUT2D eigenvalue weighted by atomic mass is 35.5. The van der Waals surface area contributed by atoms with Gasteiger partial charge < -0.3 is 5.32 Å². The molecule has 0 aliphatic carbocycles. The zero-order valence-corrected chi connectivity index (χ0v) is 12.2. The van der Waals surface area contributed by atoms with Crippen LogP contribution in [0, 0.1) is 13.8 Å². The minimum Gasteiger partial charge on any atom is -0.311 e. The Hall–Kier alpha value is -1.46. The Kier molecular flexibility index (Phi) is 4.50. The average molecular weight is 280 g/mol. The molecule has 2 heterocycles. The van der Waals surface area contributed by atoms with Crippen LogP contribution >= 0.6 is 11.6 Å². The molecule has 0 atom stereocenters. The van der Waals surface area contributed by atoms with Crippen LogP contribution in [0.5, 0.6) is 0 Å². The first-order valence-corrected chi connectivity index (χ1v) is 6.75. The second-order valence-electron chi connectivity index (χ2n) is 4.44. The number of hydrogen-bond acceptors (Lipinski definition) is 4. The molecule has 5 nitrogen and oxygen atoms in total. The highest BCUT2D eigenvalue weighted by Gasteiger charge is 2.12.